The zero-order valence-electron chi connectivity index (χ0n) is 12.9. The Morgan fingerprint density at radius 2 is 2.23 bits per heavy atom. The molecule has 1 amide bonds. The molecule has 0 spiro atoms. The van der Waals surface area contributed by atoms with Crippen LogP contribution in [-0.4, -0.2) is 40.9 Å². The fourth-order valence-electron chi connectivity index (χ4n) is 4.21. The van der Waals surface area contributed by atoms with Gasteiger partial charge in [-0.25, -0.2) is 0 Å². The average molecular weight is 303 g/mol. The van der Waals surface area contributed by atoms with E-state index in [1.54, 1.807) is 0 Å². The van der Waals surface area contributed by atoms with Gasteiger partial charge in [-0.15, -0.1) is 0 Å². The first-order valence-corrected chi connectivity index (χ1v) is 8.62. The minimum absolute atomic E-state index is 0.0496. The van der Waals surface area contributed by atoms with Crippen LogP contribution in [-0.2, 0) is 4.79 Å². The van der Waals surface area contributed by atoms with Crippen molar-refractivity contribution in [1.82, 2.24) is 20.4 Å². The summed E-state index contributed by atoms with van der Waals surface area (Å²) in [4.78, 5) is 12.5. The summed E-state index contributed by atoms with van der Waals surface area (Å²) in [5.74, 6) is 1.43. The van der Waals surface area contributed by atoms with Gasteiger partial charge in [-0.1, -0.05) is 12.8 Å². The van der Waals surface area contributed by atoms with Crippen molar-refractivity contribution in [2.75, 3.05) is 18.4 Å². The summed E-state index contributed by atoms with van der Waals surface area (Å²) in [7, 11) is 0. The van der Waals surface area contributed by atoms with E-state index in [4.69, 9.17) is 0 Å². The van der Waals surface area contributed by atoms with E-state index in [9.17, 15) is 4.79 Å². The number of rotatable bonds is 3. The van der Waals surface area contributed by atoms with E-state index in [1.165, 1.54) is 25.7 Å². The van der Waals surface area contributed by atoms with Gasteiger partial charge >= 0.3 is 0 Å². The maximum Gasteiger partial charge on any atom is 0.242 e. The van der Waals surface area contributed by atoms with Crippen molar-refractivity contribution in [1.29, 1.82) is 0 Å². The van der Waals surface area contributed by atoms with Crippen LogP contribution in [0.1, 0.15) is 44.6 Å². The fourth-order valence-corrected chi connectivity index (χ4v) is 4.21. The van der Waals surface area contributed by atoms with Crippen molar-refractivity contribution in [2.24, 2.45) is 5.92 Å². The Morgan fingerprint density at radius 3 is 3.05 bits per heavy atom. The van der Waals surface area contributed by atoms with Crippen LogP contribution in [0.2, 0.25) is 0 Å². The molecule has 22 heavy (non-hydrogen) atoms. The molecule has 3 N–H and O–H groups in total. The van der Waals surface area contributed by atoms with Crippen molar-refractivity contribution in [3.63, 3.8) is 0 Å². The Kier molecular flexibility index (Phi) is 3.88. The van der Waals surface area contributed by atoms with Gasteiger partial charge in [0, 0.05) is 24.8 Å². The topological polar surface area (TPSA) is 71.0 Å². The largest absolute Gasteiger partial charge is 0.315 e. The molecule has 6 nitrogen and oxygen atoms in total. The summed E-state index contributed by atoms with van der Waals surface area (Å²) in [5.41, 5.74) is 0. The third-order valence-corrected chi connectivity index (χ3v) is 5.45. The second-order valence-corrected chi connectivity index (χ2v) is 6.92. The first-order chi connectivity index (χ1) is 10.8. The summed E-state index contributed by atoms with van der Waals surface area (Å²) in [6.45, 7) is 2.00. The number of nitrogens with one attached hydrogen (secondary N) is 3. The van der Waals surface area contributed by atoms with Crippen LogP contribution in [0.3, 0.4) is 0 Å². The molecular weight excluding hydrogens is 278 g/mol. The number of hydrogen-bond acceptors (Lipinski definition) is 4. The number of amides is 1. The molecule has 0 radical (unpaired) electrons. The molecule has 4 atom stereocenters. The van der Waals surface area contributed by atoms with E-state index in [2.05, 4.69) is 21.0 Å². The van der Waals surface area contributed by atoms with Crippen molar-refractivity contribution < 1.29 is 4.79 Å². The molecule has 4 rings (SSSR count). The molecule has 1 aliphatic carbocycles. The Balaban J connectivity index is 1.36. The molecule has 2 aliphatic heterocycles. The van der Waals surface area contributed by atoms with Crippen LogP contribution >= 0.6 is 0 Å². The number of nitrogens with zero attached hydrogens (tertiary/aromatic N) is 2. The number of carbonyl (C=O) groups excluding carboxylic acids is 1. The first-order valence-electron chi connectivity index (χ1n) is 8.62. The molecule has 3 aliphatic rings. The molecule has 6 heteroatoms. The number of anilines is 1. The third kappa shape index (κ3) is 2.77. The standard InChI is InChI=1S/C16H25N5O/c22-16(14-9-11-3-1-2-4-13(11)18-14)19-15-6-8-21(20-15)12-5-7-17-10-12/h6,8,11-14,17-18H,1-5,7,9-10H2,(H,19,20,22)/t11-,12-,13+,14+/m1/s1. The van der Waals surface area contributed by atoms with E-state index >= 15 is 0 Å². The summed E-state index contributed by atoms with van der Waals surface area (Å²) < 4.78 is 1.97. The van der Waals surface area contributed by atoms with Gasteiger partial charge in [0.1, 0.15) is 0 Å². The van der Waals surface area contributed by atoms with Crippen LogP contribution < -0.4 is 16.0 Å². The minimum Gasteiger partial charge on any atom is -0.315 e. The maximum atomic E-state index is 12.5. The monoisotopic (exact) mass is 303 g/mol. The molecule has 1 aromatic rings. The van der Waals surface area contributed by atoms with Gasteiger partial charge in [-0.05, 0) is 38.1 Å². The maximum absolute atomic E-state index is 12.5. The van der Waals surface area contributed by atoms with Gasteiger partial charge < -0.3 is 16.0 Å². The number of aromatic nitrogens is 2. The van der Waals surface area contributed by atoms with E-state index in [1.807, 2.05) is 16.9 Å². The predicted octanol–water partition coefficient (Wildman–Crippen LogP) is 1.28. The molecule has 0 bridgehead atoms. The van der Waals surface area contributed by atoms with Crippen LogP contribution in [0, 0.1) is 5.92 Å². The van der Waals surface area contributed by atoms with Crippen molar-refractivity contribution in [3.8, 4) is 0 Å². The van der Waals surface area contributed by atoms with Gasteiger partial charge in [0.25, 0.3) is 0 Å². The highest BCUT2D eigenvalue weighted by Crippen LogP contribution is 2.33. The molecule has 120 valence electrons. The Bertz CT molecular complexity index is 522. The van der Waals surface area contributed by atoms with Crippen LogP contribution in [0.25, 0.3) is 0 Å². The van der Waals surface area contributed by atoms with Crippen LogP contribution in [0.4, 0.5) is 5.82 Å². The molecule has 0 unspecified atom stereocenters. The van der Waals surface area contributed by atoms with E-state index in [-0.39, 0.29) is 11.9 Å². The third-order valence-electron chi connectivity index (χ3n) is 5.45. The smallest absolute Gasteiger partial charge is 0.242 e. The predicted molar refractivity (Wildman–Crippen MR) is 84.7 cm³/mol. The van der Waals surface area contributed by atoms with Crippen LogP contribution in [0.15, 0.2) is 12.3 Å². The lowest BCUT2D eigenvalue weighted by molar-refractivity contribution is -0.117. The highest BCUT2D eigenvalue weighted by Gasteiger charge is 2.38. The van der Waals surface area contributed by atoms with Gasteiger partial charge in [-0.3, -0.25) is 9.48 Å². The Morgan fingerprint density at radius 1 is 1.32 bits per heavy atom. The molecular formula is C16H25N5O. The van der Waals surface area contributed by atoms with Crippen LogP contribution in [0.5, 0.6) is 0 Å². The zero-order valence-corrected chi connectivity index (χ0v) is 12.9. The summed E-state index contributed by atoms with van der Waals surface area (Å²) >= 11 is 0. The molecule has 3 heterocycles. The lowest BCUT2D eigenvalue weighted by Crippen LogP contribution is -2.40. The average Bonchev–Trinajstić information content (AvgIpc) is 3.26. The molecule has 1 saturated carbocycles. The normalized spacial score (nSPS) is 34.5. The lowest BCUT2D eigenvalue weighted by atomic mass is 9.85. The number of hydrogen-bond donors (Lipinski definition) is 3. The lowest BCUT2D eigenvalue weighted by Gasteiger charge is -2.24. The Hall–Kier alpha value is -1.40. The van der Waals surface area contributed by atoms with Crippen molar-refractivity contribution >= 4 is 11.7 Å². The molecule has 3 fully saturated rings. The zero-order chi connectivity index (χ0) is 14.9. The first kappa shape index (κ1) is 14.2. The van der Waals surface area contributed by atoms with E-state index in [0.717, 1.165) is 25.9 Å². The fraction of sp³-hybridized carbons (Fsp3) is 0.750. The number of carbonyl (C=O) groups is 1. The minimum atomic E-state index is -0.0496. The highest BCUT2D eigenvalue weighted by molar-refractivity contribution is 5.94. The molecule has 0 aromatic carbocycles. The van der Waals surface area contributed by atoms with Crippen molar-refractivity contribution in [2.45, 2.75) is 56.7 Å². The second kappa shape index (κ2) is 6.01. The van der Waals surface area contributed by atoms with E-state index in [0.29, 0.717) is 23.8 Å². The Labute approximate surface area is 131 Å². The van der Waals surface area contributed by atoms with E-state index < -0.39 is 0 Å². The highest BCUT2D eigenvalue weighted by atomic mass is 16.2. The quantitative estimate of drug-likeness (QED) is 0.786. The van der Waals surface area contributed by atoms with Gasteiger partial charge in [-0.2, -0.15) is 5.10 Å². The summed E-state index contributed by atoms with van der Waals surface area (Å²) in [5, 5.41) is 14.3. The second-order valence-electron chi connectivity index (χ2n) is 6.92. The number of fused-ring (bicyclic) bond motifs is 1. The summed E-state index contributed by atoms with van der Waals surface area (Å²) in [6, 6.07) is 2.81. The van der Waals surface area contributed by atoms with Gasteiger partial charge in [0.2, 0.25) is 5.91 Å². The molecule has 2 saturated heterocycles. The van der Waals surface area contributed by atoms with Crippen molar-refractivity contribution in [3.05, 3.63) is 12.3 Å². The SMILES string of the molecule is O=C(Nc1ccn([C@@H]2CCNC2)n1)[C@@H]1C[C@H]2CCCC[C@@H]2N1. The summed E-state index contributed by atoms with van der Waals surface area (Å²) in [6.07, 6.45) is 9.14. The van der Waals surface area contributed by atoms with Gasteiger partial charge in [0.05, 0.1) is 12.1 Å². The molecule has 1 aromatic heterocycles. The van der Waals surface area contributed by atoms with Gasteiger partial charge in [0.15, 0.2) is 5.82 Å².